The first-order valence-corrected chi connectivity index (χ1v) is 9.68. The predicted octanol–water partition coefficient (Wildman–Crippen LogP) is 2.79. The molecular formula is C24H24N2O5. The van der Waals surface area contributed by atoms with Crippen LogP contribution in [-0.4, -0.2) is 30.6 Å². The van der Waals surface area contributed by atoms with E-state index in [4.69, 9.17) is 15.2 Å². The normalized spacial score (nSPS) is 10.4. The van der Waals surface area contributed by atoms with Crippen LogP contribution in [0.15, 0.2) is 66.7 Å². The smallest absolute Gasteiger partial charge is 0.255 e. The summed E-state index contributed by atoms with van der Waals surface area (Å²) < 4.78 is 10.6. The van der Waals surface area contributed by atoms with Crippen LogP contribution in [0.25, 0.3) is 0 Å². The van der Waals surface area contributed by atoms with Gasteiger partial charge in [0.1, 0.15) is 5.75 Å². The maximum atomic E-state index is 12.7. The second-order valence-corrected chi connectivity index (χ2v) is 6.94. The minimum atomic E-state index is -0.590. The van der Waals surface area contributed by atoms with E-state index in [1.807, 2.05) is 30.3 Å². The highest BCUT2D eigenvalue weighted by Crippen LogP contribution is 2.28. The lowest BCUT2D eigenvalue weighted by Gasteiger charge is -2.12. The largest absolute Gasteiger partial charge is 0.507 e. The minimum Gasteiger partial charge on any atom is -0.507 e. The van der Waals surface area contributed by atoms with Gasteiger partial charge >= 0.3 is 0 Å². The standard InChI is InChI=1S/C24H24N2O5/c1-30-22-13-18(8-10-21(22)31-15-23(25)28)14-26-24(29)19-12-17(7-9-20(19)27)11-16-5-3-2-4-6-16/h2-10,12-13,27H,11,14-15H2,1H3,(H2,25,28)(H,26,29). The summed E-state index contributed by atoms with van der Waals surface area (Å²) in [5.74, 6) is -0.265. The molecule has 0 heterocycles. The first-order valence-electron chi connectivity index (χ1n) is 9.68. The van der Waals surface area contributed by atoms with Gasteiger partial charge in [-0.25, -0.2) is 0 Å². The van der Waals surface area contributed by atoms with E-state index in [0.29, 0.717) is 17.9 Å². The van der Waals surface area contributed by atoms with Crippen LogP contribution in [0.2, 0.25) is 0 Å². The number of rotatable bonds is 9. The number of methoxy groups -OCH3 is 1. The van der Waals surface area contributed by atoms with Crippen LogP contribution in [-0.2, 0) is 17.8 Å². The lowest BCUT2D eigenvalue weighted by molar-refractivity contribution is -0.119. The van der Waals surface area contributed by atoms with E-state index >= 15 is 0 Å². The molecule has 0 spiro atoms. The van der Waals surface area contributed by atoms with Crippen LogP contribution in [0.1, 0.15) is 27.0 Å². The Labute approximate surface area is 180 Å². The fourth-order valence-electron chi connectivity index (χ4n) is 3.07. The van der Waals surface area contributed by atoms with Gasteiger partial charge in [0.25, 0.3) is 11.8 Å². The maximum Gasteiger partial charge on any atom is 0.255 e. The van der Waals surface area contributed by atoms with E-state index in [1.54, 1.807) is 30.3 Å². The number of phenolic OH excluding ortho intramolecular Hbond substituents is 1. The fourth-order valence-corrected chi connectivity index (χ4v) is 3.07. The average Bonchev–Trinajstić information content (AvgIpc) is 2.78. The Kier molecular flexibility index (Phi) is 7.11. The summed E-state index contributed by atoms with van der Waals surface area (Å²) in [5.41, 5.74) is 8.10. The number of aromatic hydroxyl groups is 1. The molecule has 3 aromatic rings. The van der Waals surface area contributed by atoms with Crippen LogP contribution >= 0.6 is 0 Å². The zero-order valence-electron chi connectivity index (χ0n) is 17.1. The third-order valence-electron chi connectivity index (χ3n) is 4.61. The summed E-state index contributed by atoms with van der Waals surface area (Å²) in [7, 11) is 1.48. The van der Waals surface area contributed by atoms with Crippen LogP contribution in [0.4, 0.5) is 0 Å². The molecule has 0 fully saturated rings. The first-order chi connectivity index (χ1) is 15.0. The van der Waals surface area contributed by atoms with Gasteiger partial charge in [-0.3, -0.25) is 9.59 Å². The summed E-state index contributed by atoms with van der Waals surface area (Å²) in [6, 6.07) is 20.0. The van der Waals surface area contributed by atoms with Crippen molar-refractivity contribution >= 4 is 11.8 Å². The van der Waals surface area contributed by atoms with Gasteiger partial charge in [-0.2, -0.15) is 0 Å². The summed E-state index contributed by atoms with van der Waals surface area (Å²) in [6.07, 6.45) is 0.658. The van der Waals surface area contributed by atoms with Gasteiger partial charge in [0.05, 0.1) is 12.7 Å². The Morgan fingerprint density at radius 2 is 1.68 bits per heavy atom. The van der Waals surface area contributed by atoms with Crippen LogP contribution in [0.3, 0.4) is 0 Å². The monoisotopic (exact) mass is 420 g/mol. The maximum absolute atomic E-state index is 12.7. The number of primary amides is 1. The van der Waals surface area contributed by atoms with E-state index in [-0.39, 0.29) is 30.4 Å². The number of nitrogens with two attached hydrogens (primary N) is 1. The number of hydrogen-bond acceptors (Lipinski definition) is 5. The molecule has 0 unspecified atom stereocenters. The van der Waals surface area contributed by atoms with E-state index in [1.165, 1.54) is 13.2 Å². The van der Waals surface area contributed by atoms with Crippen molar-refractivity contribution in [3.8, 4) is 17.2 Å². The molecule has 0 aliphatic rings. The van der Waals surface area contributed by atoms with Crippen LogP contribution in [0.5, 0.6) is 17.2 Å². The van der Waals surface area contributed by atoms with Gasteiger partial charge in [0.15, 0.2) is 18.1 Å². The number of amides is 2. The molecule has 0 atom stereocenters. The molecule has 0 aliphatic heterocycles. The van der Waals surface area contributed by atoms with Gasteiger partial charge in [-0.1, -0.05) is 42.5 Å². The number of nitrogens with one attached hydrogen (secondary N) is 1. The highest BCUT2D eigenvalue weighted by molar-refractivity contribution is 5.97. The van der Waals surface area contributed by atoms with Gasteiger partial charge < -0.3 is 25.6 Å². The van der Waals surface area contributed by atoms with Gasteiger partial charge in [-0.15, -0.1) is 0 Å². The molecule has 0 bridgehead atoms. The van der Waals surface area contributed by atoms with Gasteiger partial charge in [-0.05, 0) is 47.4 Å². The summed E-state index contributed by atoms with van der Waals surface area (Å²) in [6.45, 7) is -0.0430. The molecule has 160 valence electrons. The molecule has 7 nitrogen and oxygen atoms in total. The SMILES string of the molecule is COc1cc(CNC(=O)c2cc(Cc3ccccc3)ccc2O)ccc1OCC(N)=O. The highest BCUT2D eigenvalue weighted by Gasteiger charge is 2.13. The molecule has 0 radical (unpaired) electrons. The number of ether oxygens (including phenoxy) is 2. The topological polar surface area (TPSA) is 111 Å². The minimum absolute atomic E-state index is 0.0814. The molecule has 3 aromatic carbocycles. The second kappa shape index (κ2) is 10.2. The fraction of sp³-hybridized carbons (Fsp3) is 0.167. The number of carbonyl (C=O) groups is 2. The molecule has 0 saturated carbocycles. The molecular weight excluding hydrogens is 396 g/mol. The number of phenols is 1. The second-order valence-electron chi connectivity index (χ2n) is 6.94. The number of hydrogen-bond donors (Lipinski definition) is 3. The third kappa shape index (κ3) is 5.99. The quantitative estimate of drug-likeness (QED) is 0.493. The summed E-state index contributed by atoms with van der Waals surface area (Å²) in [5, 5.41) is 13.0. The van der Waals surface area contributed by atoms with Crippen LogP contribution in [0, 0.1) is 0 Å². The van der Waals surface area contributed by atoms with Crippen molar-refractivity contribution in [3.63, 3.8) is 0 Å². The van der Waals surface area contributed by atoms with E-state index in [2.05, 4.69) is 5.32 Å². The van der Waals surface area contributed by atoms with Gasteiger partial charge in [0.2, 0.25) is 0 Å². The lowest BCUT2D eigenvalue weighted by atomic mass is 10.0. The molecule has 7 heteroatoms. The van der Waals surface area contributed by atoms with Crippen molar-refractivity contribution in [2.45, 2.75) is 13.0 Å². The molecule has 2 amide bonds. The molecule has 0 aliphatic carbocycles. The van der Waals surface area contributed by atoms with E-state index in [9.17, 15) is 14.7 Å². The van der Waals surface area contributed by atoms with Crippen molar-refractivity contribution in [3.05, 3.63) is 89.0 Å². The molecule has 3 rings (SSSR count). The lowest BCUT2D eigenvalue weighted by Crippen LogP contribution is -2.23. The average molecular weight is 420 g/mol. The zero-order chi connectivity index (χ0) is 22.2. The van der Waals surface area contributed by atoms with Crippen molar-refractivity contribution in [2.75, 3.05) is 13.7 Å². The predicted molar refractivity (Wildman–Crippen MR) is 116 cm³/mol. The van der Waals surface area contributed by atoms with E-state index < -0.39 is 5.91 Å². The summed E-state index contributed by atoms with van der Waals surface area (Å²) in [4.78, 5) is 23.6. The molecule has 0 saturated heterocycles. The Morgan fingerprint density at radius 3 is 2.39 bits per heavy atom. The molecule has 4 N–H and O–H groups in total. The highest BCUT2D eigenvalue weighted by atomic mass is 16.5. The third-order valence-corrected chi connectivity index (χ3v) is 4.61. The Morgan fingerprint density at radius 1 is 0.935 bits per heavy atom. The number of benzene rings is 3. The summed E-state index contributed by atoms with van der Waals surface area (Å²) >= 11 is 0. The molecule has 0 aromatic heterocycles. The Hall–Kier alpha value is -4.00. The zero-order valence-corrected chi connectivity index (χ0v) is 17.1. The van der Waals surface area contributed by atoms with Gasteiger partial charge in [0, 0.05) is 6.54 Å². The Balaban J connectivity index is 1.67. The Bertz CT molecular complexity index is 1070. The molecule has 31 heavy (non-hydrogen) atoms. The van der Waals surface area contributed by atoms with Crippen molar-refractivity contribution in [2.24, 2.45) is 5.73 Å². The van der Waals surface area contributed by atoms with Crippen molar-refractivity contribution < 1.29 is 24.2 Å². The first kappa shape index (κ1) is 21.7. The number of carbonyl (C=O) groups excluding carboxylic acids is 2. The van der Waals surface area contributed by atoms with Crippen molar-refractivity contribution in [1.82, 2.24) is 5.32 Å². The van der Waals surface area contributed by atoms with Crippen LogP contribution < -0.4 is 20.5 Å². The van der Waals surface area contributed by atoms with Crippen molar-refractivity contribution in [1.29, 1.82) is 0 Å². The van der Waals surface area contributed by atoms with E-state index in [0.717, 1.165) is 16.7 Å².